The molecule has 0 spiro atoms. The number of aryl methyl sites for hydroxylation is 1. The number of benzene rings is 2. The Labute approximate surface area is 167 Å². The van der Waals surface area contributed by atoms with Crippen molar-refractivity contribution in [3.63, 3.8) is 0 Å². The molecule has 1 aliphatic heterocycles. The maximum absolute atomic E-state index is 11.3. The van der Waals surface area contributed by atoms with Gasteiger partial charge in [0.15, 0.2) is 5.78 Å². The van der Waals surface area contributed by atoms with Gasteiger partial charge >= 0.3 is 0 Å². The number of nitrogens with zero attached hydrogens (tertiary/aromatic N) is 2. The minimum atomic E-state index is -0.532. The number of aliphatic hydroxyl groups is 1. The van der Waals surface area contributed by atoms with E-state index in [4.69, 9.17) is 4.74 Å². The number of ether oxygens (including phenoxy) is 1. The second kappa shape index (κ2) is 9.82. The van der Waals surface area contributed by atoms with E-state index >= 15 is 0 Å². The molecule has 0 aliphatic carbocycles. The molecule has 0 bridgehead atoms. The molecule has 5 nitrogen and oxygen atoms in total. The number of hydrogen-bond donors (Lipinski definition) is 1. The van der Waals surface area contributed by atoms with E-state index in [0.29, 0.717) is 17.9 Å². The molecule has 28 heavy (non-hydrogen) atoms. The first-order valence-electron chi connectivity index (χ1n) is 9.92. The van der Waals surface area contributed by atoms with E-state index in [0.717, 1.165) is 32.7 Å². The summed E-state index contributed by atoms with van der Waals surface area (Å²) in [6.07, 6.45) is -0.532. The molecule has 1 unspecified atom stereocenters. The third-order valence-corrected chi connectivity index (χ3v) is 5.13. The predicted molar refractivity (Wildman–Crippen MR) is 111 cm³/mol. The first-order valence-corrected chi connectivity index (χ1v) is 9.92. The molecule has 1 atom stereocenters. The van der Waals surface area contributed by atoms with Crippen LogP contribution >= 0.6 is 0 Å². The van der Waals surface area contributed by atoms with Crippen LogP contribution in [-0.2, 0) is 6.54 Å². The normalized spacial score (nSPS) is 16.7. The lowest BCUT2D eigenvalue weighted by Gasteiger charge is -2.35. The number of β-amino-alcohol motifs (C(OH)–C–C–N with tert-alkyl or cyclic N) is 1. The Morgan fingerprint density at radius 1 is 1.07 bits per heavy atom. The fraction of sp³-hybridized carbons (Fsp3) is 0.435. The van der Waals surface area contributed by atoms with E-state index in [1.807, 2.05) is 0 Å². The van der Waals surface area contributed by atoms with Gasteiger partial charge in [-0.05, 0) is 43.7 Å². The molecule has 1 saturated heterocycles. The molecule has 0 saturated carbocycles. The second-order valence-electron chi connectivity index (χ2n) is 7.61. The van der Waals surface area contributed by atoms with Gasteiger partial charge in [-0.3, -0.25) is 14.6 Å². The van der Waals surface area contributed by atoms with E-state index in [9.17, 15) is 9.90 Å². The number of piperazine rings is 1. The summed E-state index contributed by atoms with van der Waals surface area (Å²) in [7, 11) is 0. The average molecular weight is 383 g/mol. The zero-order valence-electron chi connectivity index (χ0n) is 16.8. The predicted octanol–water partition coefficient (Wildman–Crippen LogP) is 2.76. The molecular formula is C23H30N2O3. The van der Waals surface area contributed by atoms with E-state index in [1.54, 1.807) is 31.2 Å². The third-order valence-electron chi connectivity index (χ3n) is 5.13. The van der Waals surface area contributed by atoms with Gasteiger partial charge in [0.1, 0.15) is 18.5 Å². The molecular weight excluding hydrogens is 352 g/mol. The highest BCUT2D eigenvalue weighted by Gasteiger charge is 2.19. The molecule has 0 radical (unpaired) electrons. The van der Waals surface area contributed by atoms with Gasteiger partial charge in [-0.15, -0.1) is 0 Å². The number of aliphatic hydroxyl groups excluding tert-OH is 1. The topological polar surface area (TPSA) is 53.0 Å². The Hall–Kier alpha value is -2.21. The van der Waals surface area contributed by atoms with E-state index in [2.05, 4.69) is 41.0 Å². The van der Waals surface area contributed by atoms with Crippen molar-refractivity contribution in [3.05, 3.63) is 65.2 Å². The van der Waals surface area contributed by atoms with E-state index in [-0.39, 0.29) is 12.4 Å². The molecule has 5 heteroatoms. The van der Waals surface area contributed by atoms with Crippen molar-refractivity contribution >= 4 is 5.78 Å². The molecule has 2 aromatic rings. The van der Waals surface area contributed by atoms with Crippen LogP contribution in [0.1, 0.15) is 28.4 Å². The lowest BCUT2D eigenvalue weighted by molar-refractivity contribution is 0.0446. The summed E-state index contributed by atoms with van der Waals surface area (Å²) in [5.74, 6) is 0.708. The first kappa shape index (κ1) is 20.5. The summed E-state index contributed by atoms with van der Waals surface area (Å²) in [5, 5.41) is 10.3. The quantitative estimate of drug-likeness (QED) is 0.712. The van der Waals surface area contributed by atoms with Crippen molar-refractivity contribution in [2.75, 3.05) is 39.3 Å². The van der Waals surface area contributed by atoms with Crippen LogP contribution in [0.15, 0.2) is 48.5 Å². The van der Waals surface area contributed by atoms with Crippen LogP contribution in [0.2, 0.25) is 0 Å². The smallest absolute Gasteiger partial charge is 0.159 e. The summed E-state index contributed by atoms with van der Waals surface area (Å²) in [6.45, 7) is 9.45. The molecule has 0 aromatic heterocycles. The highest BCUT2D eigenvalue weighted by atomic mass is 16.5. The number of carbonyl (C=O) groups is 1. The highest BCUT2D eigenvalue weighted by Crippen LogP contribution is 2.14. The van der Waals surface area contributed by atoms with Crippen LogP contribution in [0.25, 0.3) is 0 Å². The monoisotopic (exact) mass is 382 g/mol. The zero-order chi connectivity index (χ0) is 19.9. The Bertz CT molecular complexity index is 768. The van der Waals surface area contributed by atoms with Crippen LogP contribution in [0.3, 0.4) is 0 Å². The Balaban J connectivity index is 1.37. The van der Waals surface area contributed by atoms with Crippen molar-refractivity contribution < 1.29 is 14.6 Å². The molecule has 1 fully saturated rings. The van der Waals surface area contributed by atoms with Gasteiger partial charge in [-0.1, -0.05) is 29.8 Å². The largest absolute Gasteiger partial charge is 0.491 e. The van der Waals surface area contributed by atoms with Crippen molar-refractivity contribution in [2.24, 2.45) is 0 Å². The van der Waals surface area contributed by atoms with E-state index in [1.165, 1.54) is 11.1 Å². The summed E-state index contributed by atoms with van der Waals surface area (Å²) >= 11 is 0. The van der Waals surface area contributed by atoms with Crippen molar-refractivity contribution in [1.29, 1.82) is 0 Å². The van der Waals surface area contributed by atoms with Gasteiger partial charge in [-0.2, -0.15) is 0 Å². The first-order chi connectivity index (χ1) is 13.5. The zero-order valence-corrected chi connectivity index (χ0v) is 16.8. The van der Waals surface area contributed by atoms with Crippen molar-refractivity contribution in [1.82, 2.24) is 9.80 Å². The SMILES string of the molecule is CC(=O)c1ccc(OCC(O)CN2CCN(Cc3cccc(C)c3)CC2)cc1. The Morgan fingerprint density at radius 3 is 2.39 bits per heavy atom. The van der Waals surface area contributed by atoms with Crippen molar-refractivity contribution in [2.45, 2.75) is 26.5 Å². The van der Waals surface area contributed by atoms with Gasteiger partial charge in [-0.25, -0.2) is 0 Å². The fourth-order valence-corrected chi connectivity index (χ4v) is 3.53. The molecule has 0 amide bonds. The lowest BCUT2D eigenvalue weighted by atomic mass is 10.1. The number of Topliss-reactive ketones (excluding diaryl/α,β-unsaturated/α-hetero) is 1. The minimum Gasteiger partial charge on any atom is -0.491 e. The van der Waals surface area contributed by atoms with Gasteiger partial charge in [0.05, 0.1) is 0 Å². The highest BCUT2D eigenvalue weighted by molar-refractivity contribution is 5.94. The Morgan fingerprint density at radius 2 is 1.75 bits per heavy atom. The maximum Gasteiger partial charge on any atom is 0.159 e. The molecule has 150 valence electrons. The standard InChI is InChI=1S/C23H30N2O3/c1-18-4-3-5-20(14-18)15-24-10-12-25(13-11-24)16-22(27)17-28-23-8-6-21(7-9-23)19(2)26/h3-9,14,22,27H,10-13,15-17H2,1-2H3. The molecule has 1 aliphatic rings. The van der Waals surface area contributed by atoms with Crippen LogP contribution in [0.5, 0.6) is 5.75 Å². The number of carbonyl (C=O) groups excluding carboxylic acids is 1. The third kappa shape index (κ3) is 6.16. The molecule has 1 N–H and O–H groups in total. The van der Waals surface area contributed by atoms with Gasteiger partial charge in [0, 0.05) is 44.8 Å². The van der Waals surface area contributed by atoms with Crippen LogP contribution in [-0.4, -0.2) is 66.1 Å². The van der Waals surface area contributed by atoms with Gasteiger partial charge in [0.2, 0.25) is 0 Å². The lowest BCUT2D eigenvalue weighted by Crippen LogP contribution is -2.48. The number of ketones is 1. The number of hydrogen-bond acceptors (Lipinski definition) is 5. The summed E-state index contributed by atoms with van der Waals surface area (Å²) in [6, 6.07) is 15.7. The van der Waals surface area contributed by atoms with Crippen molar-refractivity contribution in [3.8, 4) is 5.75 Å². The van der Waals surface area contributed by atoms with Gasteiger partial charge < -0.3 is 9.84 Å². The van der Waals surface area contributed by atoms with Crippen LogP contribution < -0.4 is 4.74 Å². The van der Waals surface area contributed by atoms with E-state index < -0.39 is 6.10 Å². The second-order valence-corrected chi connectivity index (χ2v) is 7.61. The molecule has 2 aromatic carbocycles. The number of rotatable bonds is 8. The van der Waals surface area contributed by atoms with Crippen LogP contribution in [0, 0.1) is 6.92 Å². The van der Waals surface area contributed by atoms with Gasteiger partial charge in [0.25, 0.3) is 0 Å². The molecule has 1 heterocycles. The summed E-state index contributed by atoms with van der Waals surface area (Å²) in [4.78, 5) is 16.0. The maximum atomic E-state index is 11.3. The summed E-state index contributed by atoms with van der Waals surface area (Å²) < 4.78 is 5.66. The average Bonchev–Trinajstić information content (AvgIpc) is 2.68. The molecule has 3 rings (SSSR count). The minimum absolute atomic E-state index is 0.0353. The Kier molecular flexibility index (Phi) is 7.20. The fourth-order valence-electron chi connectivity index (χ4n) is 3.53. The summed E-state index contributed by atoms with van der Waals surface area (Å²) in [5.41, 5.74) is 3.32. The van der Waals surface area contributed by atoms with Crippen LogP contribution in [0.4, 0.5) is 0 Å².